The molecule has 3 N–H and O–H groups in total. The van der Waals surface area contributed by atoms with Crippen LogP contribution in [0.15, 0.2) is 30.3 Å². The summed E-state index contributed by atoms with van der Waals surface area (Å²) in [5.41, 5.74) is 1.01. The number of urea groups is 1. The van der Waals surface area contributed by atoms with Gasteiger partial charge in [0, 0.05) is 6.54 Å². The van der Waals surface area contributed by atoms with Gasteiger partial charge in [-0.25, -0.2) is 9.86 Å². The first-order valence-electron chi connectivity index (χ1n) is 7.14. The van der Waals surface area contributed by atoms with Crippen LogP contribution in [0.25, 0.3) is 0 Å². The summed E-state index contributed by atoms with van der Waals surface area (Å²) >= 11 is 0. The fraction of sp³-hybridized carbons (Fsp3) is 0.467. The number of hydrogen-bond acceptors (Lipinski definition) is 3. The standard InChI is InChI=1S/C15H23N3O3/c1-2-3-9-14(11-18(21)12-19)17-15(20)16-10-13-7-5-4-6-8-13/h4-8,12,14,21H,2-3,9-11H2,1H3,(H2,16,17,20). The van der Waals surface area contributed by atoms with Gasteiger partial charge in [0.1, 0.15) is 0 Å². The number of carbonyl (C=O) groups excluding carboxylic acids is 2. The molecule has 3 amide bonds. The molecule has 0 aromatic heterocycles. The number of benzene rings is 1. The Kier molecular flexibility index (Phi) is 7.89. The van der Waals surface area contributed by atoms with E-state index in [2.05, 4.69) is 10.6 Å². The minimum absolute atomic E-state index is 0.0856. The van der Waals surface area contributed by atoms with Gasteiger partial charge in [0.05, 0.1) is 12.6 Å². The second-order valence-corrected chi connectivity index (χ2v) is 4.88. The van der Waals surface area contributed by atoms with Crippen molar-refractivity contribution >= 4 is 12.4 Å². The van der Waals surface area contributed by atoms with Crippen LogP contribution in [0, 0.1) is 0 Å². The maximum atomic E-state index is 11.8. The maximum absolute atomic E-state index is 11.8. The molecule has 0 heterocycles. The molecule has 21 heavy (non-hydrogen) atoms. The monoisotopic (exact) mass is 293 g/mol. The van der Waals surface area contributed by atoms with Gasteiger partial charge in [0.2, 0.25) is 6.41 Å². The predicted molar refractivity (Wildman–Crippen MR) is 79.7 cm³/mol. The lowest BCUT2D eigenvalue weighted by atomic mass is 10.1. The second kappa shape index (κ2) is 9.77. The number of carbonyl (C=O) groups is 2. The minimum Gasteiger partial charge on any atom is -0.334 e. The van der Waals surface area contributed by atoms with Crippen molar-refractivity contribution in [3.8, 4) is 0 Å². The van der Waals surface area contributed by atoms with Gasteiger partial charge in [-0.3, -0.25) is 10.0 Å². The van der Waals surface area contributed by atoms with E-state index in [9.17, 15) is 14.8 Å². The highest BCUT2D eigenvalue weighted by atomic mass is 16.5. The maximum Gasteiger partial charge on any atom is 0.315 e. The first-order valence-corrected chi connectivity index (χ1v) is 7.14. The third-order valence-corrected chi connectivity index (χ3v) is 3.07. The highest BCUT2D eigenvalue weighted by Gasteiger charge is 2.14. The van der Waals surface area contributed by atoms with E-state index < -0.39 is 0 Å². The molecule has 0 spiro atoms. The first-order chi connectivity index (χ1) is 10.2. The third-order valence-electron chi connectivity index (χ3n) is 3.07. The molecule has 0 saturated carbocycles. The van der Waals surface area contributed by atoms with Gasteiger partial charge >= 0.3 is 6.03 Å². The van der Waals surface area contributed by atoms with Gasteiger partial charge in [0.15, 0.2) is 0 Å². The highest BCUT2D eigenvalue weighted by Crippen LogP contribution is 2.02. The largest absolute Gasteiger partial charge is 0.334 e. The van der Waals surface area contributed by atoms with E-state index in [4.69, 9.17) is 0 Å². The van der Waals surface area contributed by atoms with Crippen LogP contribution in [0.2, 0.25) is 0 Å². The van der Waals surface area contributed by atoms with Crippen LogP contribution < -0.4 is 10.6 Å². The van der Waals surface area contributed by atoms with Crippen molar-refractivity contribution in [2.45, 2.75) is 38.8 Å². The molecule has 0 radical (unpaired) electrons. The second-order valence-electron chi connectivity index (χ2n) is 4.88. The zero-order chi connectivity index (χ0) is 15.5. The lowest BCUT2D eigenvalue weighted by Gasteiger charge is -2.21. The van der Waals surface area contributed by atoms with E-state index in [-0.39, 0.29) is 18.6 Å². The zero-order valence-corrected chi connectivity index (χ0v) is 12.3. The molecule has 6 heteroatoms. The van der Waals surface area contributed by atoms with E-state index >= 15 is 0 Å². The van der Waals surface area contributed by atoms with Crippen molar-refractivity contribution in [1.82, 2.24) is 15.7 Å². The average Bonchev–Trinajstić information content (AvgIpc) is 2.51. The molecule has 0 bridgehead atoms. The molecule has 1 rings (SSSR count). The zero-order valence-electron chi connectivity index (χ0n) is 12.3. The number of nitrogens with one attached hydrogen (secondary N) is 2. The minimum atomic E-state index is -0.306. The van der Waals surface area contributed by atoms with Crippen molar-refractivity contribution in [3.63, 3.8) is 0 Å². The van der Waals surface area contributed by atoms with E-state index in [1.54, 1.807) is 0 Å². The Bertz CT molecular complexity index is 425. The molecular formula is C15H23N3O3. The van der Waals surface area contributed by atoms with Crippen molar-refractivity contribution in [3.05, 3.63) is 35.9 Å². The fourth-order valence-electron chi connectivity index (χ4n) is 1.94. The van der Waals surface area contributed by atoms with E-state index in [1.165, 1.54) is 0 Å². The number of hydrogen-bond donors (Lipinski definition) is 3. The molecular weight excluding hydrogens is 270 g/mol. The van der Waals surface area contributed by atoms with Crippen LogP contribution in [0.5, 0.6) is 0 Å². The summed E-state index contributed by atoms with van der Waals surface area (Å²) in [6, 6.07) is 9.02. The topological polar surface area (TPSA) is 81.7 Å². The van der Waals surface area contributed by atoms with Crippen molar-refractivity contribution in [1.29, 1.82) is 0 Å². The number of nitrogens with zero attached hydrogens (tertiary/aromatic N) is 1. The van der Waals surface area contributed by atoms with Gasteiger partial charge in [0.25, 0.3) is 0 Å². The van der Waals surface area contributed by atoms with Crippen LogP contribution in [0.4, 0.5) is 4.79 Å². The lowest BCUT2D eigenvalue weighted by molar-refractivity contribution is -0.151. The van der Waals surface area contributed by atoms with Crippen LogP contribution >= 0.6 is 0 Å². The lowest BCUT2D eigenvalue weighted by Crippen LogP contribution is -2.46. The molecule has 0 aliphatic carbocycles. The van der Waals surface area contributed by atoms with Crippen molar-refractivity contribution in [2.24, 2.45) is 0 Å². The number of rotatable bonds is 9. The van der Waals surface area contributed by atoms with Crippen molar-refractivity contribution < 1.29 is 14.8 Å². The third kappa shape index (κ3) is 7.31. The number of amides is 3. The molecule has 1 aromatic rings. The first kappa shape index (κ1) is 17.0. The summed E-state index contributed by atoms with van der Waals surface area (Å²) in [6.07, 6.45) is 2.94. The molecule has 1 aromatic carbocycles. The summed E-state index contributed by atoms with van der Waals surface area (Å²) < 4.78 is 0. The fourth-order valence-corrected chi connectivity index (χ4v) is 1.94. The molecule has 116 valence electrons. The normalized spacial score (nSPS) is 11.5. The summed E-state index contributed by atoms with van der Waals surface area (Å²) in [5, 5.41) is 15.3. The molecule has 6 nitrogen and oxygen atoms in total. The van der Waals surface area contributed by atoms with Gasteiger partial charge in [-0.05, 0) is 12.0 Å². The smallest absolute Gasteiger partial charge is 0.315 e. The van der Waals surface area contributed by atoms with Gasteiger partial charge in [-0.1, -0.05) is 50.1 Å². The Labute approximate surface area is 125 Å². The number of hydroxylamine groups is 2. The summed E-state index contributed by atoms with van der Waals surface area (Å²) in [4.78, 5) is 22.3. The Morgan fingerprint density at radius 3 is 2.71 bits per heavy atom. The van der Waals surface area contributed by atoms with E-state index in [0.717, 1.165) is 18.4 Å². The quantitative estimate of drug-likeness (QED) is 0.369. The van der Waals surface area contributed by atoms with Crippen LogP contribution in [-0.2, 0) is 11.3 Å². The molecule has 0 saturated heterocycles. The van der Waals surface area contributed by atoms with Crippen LogP contribution in [0.1, 0.15) is 31.7 Å². The Morgan fingerprint density at radius 1 is 1.38 bits per heavy atom. The van der Waals surface area contributed by atoms with Crippen molar-refractivity contribution in [2.75, 3.05) is 6.54 Å². The Hall–Kier alpha value is -2.08. The van der Waals surface area contributed by atoms with Gasteiger partial charge in [-0.2, -0.15) is 0 Å². The molecule has 1 unspecified atom stereocenters. The van der Waals surface area contributed by atoms with Gasteiger partial charge in [-0.15, -0.1) is 0 Å². The van der Waals surface area contributed by atoms with E-state index in [0.29, 0.717) is 24.4 Å². The SMILES string of the molecule is CCCCC(CN(O)C=O)NC(=O)NCc1ccccc1. The highest BCUT2D eigenvalue weighted by molar-refractivity contribution is 5.74. The van der Waals surface area contributed by atoms with E-state index in [1.807, 2.05) is 37.3 Å². The average molecular weight is 293 g/mol. The Morgan fingerprint density at radius 2 is 2.10 bits per heavy atom. The molecule has 0 aliphatic rings. The number of unbranched alkanes of at least 4 members (excludes halogenated alkanes) is 1. The summed E-state index contributed by atoms with van der Waals surface area (Å²) in [7, 11) is 0. The molecule has 0 fully saturated rings. The van der Waals surface area contributed by atoms with Gasteiger partial charge < -0.3 is 10.6 Å². The summed E-state index contributed by atoms with van der Waals surface area (Å²) in [6.45, 7) is 2.56. The Balaban J connectivity index is 2.41. The predicted octanol–water partition coefficient (Wildman–Crippen LogP) is 1.89. The molecule has 0 aliphatic heterocycles. The van der Waals surface area contributed by atoms with Crippen LogP contribution in [0.3, 0.4) is 0 Å². The molecule has 1 atom stereocenters. The van der Waals surface area contributed by atoms with Crippen LogP contribution in [-0.4, -0.2) is 35.3 Å². The summed E-state index contributed by atoms with van der Waals surface area (Å²) in [5.74, 6) is 0.